The molecular formula is C11H13N3O2S. The molecule has 2 heterocycles. The van der Waals surface area contributed by atoms with E-state index in [0.717, 1.165) is 4.88 Å². The van der Waals surface area contributed by atoms with Gasteiger partial charge in [0.15, 0.2) is 11.6 Å². The lowest BCUT2D eigenvalue weighted by molar-refractivity contribution is 0.0981. The minimum absolute atomic E-state index is 0.0903. The van der Waals surface area contributed by atoms with E-state index < -0.39 is 0 Å². The summed E-state index contributed by atoms with van der Waals surface area (Å²) in [6.07, 6.45) is 3.73. The summed E-state index contributed by atoms with van der Waals surface area (Å²) < 4.78 is 3.76. The summed E-state index contributed by atoms with van der Waals surface area (Å²) in [7, 11) is 0. The molecule has 0 aliphatic heterocycles. The number of carbonyl (C=O) groups excluding carboxylic acids is 2. The molecule has 0 aromatic carbocycles. The number of aromatic amines is 1. The average molecular weight is 251 g/mol. The summed E-state index contributed by atoms with van der Waals surface area (Å²) in [6, 6.07) is 3.39. The van der Waals surface area contributed by atoms with Crippen LogP contribution >= 0.6 is 11.5 Å². The molecule has 0 spiro atoms. The first kappa shape index (κ1) is 13.2. The van der Waals surface area contributed by atoms with Crippen LogP contribution in [0.4, 0.5) is 0 Å². The standard InChI is InChI=1S/C6H8N2O.C5H5NOS/c1-2-6(9)5-3-4-7-8-5;1-4(7)5-2-3-6-8-5/h3-4H,2H2,1H3,(H,7,8);2-3H,1H3. The summed E-state index contributed by atoms with van der Waals surface area (Å²) >= 11 is 1.23. The molecule has 5 nitrogen and oxygen atoms in total. The quantitative estimate of drug-likeness (QED) is 0.849. The van der Waals surface area contributed by atoms with E-state index >= 15 is 0 Å². The highest BCUT2D eigenvalue weighted by atomic mass is 32.1. The topological polar surface area (TPSA) is 75.7 Å². The largest absolute Gasteiger partial charge is 0.294 e. The first-order valence-electron chi connectivity index (χ1n) is 5.09. The summed E-state index contributed by atoms with van der Waals surface area (Å²) in [5.41, 5.74) is 0.595. The van der Waals surface area contributed by atoms with Crippen LogP contribution in [0.5, 0.6) is 0 Å². The molecule has 2 aromatic rings. The number of H-pyrrole nitrogens is 1. The van der Waals surface area contributed by atoms with Crippen molar-refractivity contribution in [2.45, 2.75) is 20.3 Å². The fraction of sp³-hybridized carbons (Fsp3) is 0.273. The van der Waals surface area contributed by atoms with Crippen molar-refractivity contribution in [1.29, 1.82) is 0 Å². The summed E-state index contributed by atoms with van der Waals surface area (Å²) in [4.78, 5) is 22.0. The highest BCUT2D eigenvalue weighted by Crippen LogP contribution is 2.03. The van der Waals surface area contributed by atoms with Gasteiger partial charge in [-0.3, -0.25) is 14.7 Å². The third-order valence-electron chi connectivity index (χ3n) is 1.91. The maximum absolute atomic E-state index is 10.8. The molecule has 0 fully saturated rings. The first-order valence-corrected chi connectivity index (χ1v) is 5.86. The third-order valence-corrected chi connectivity index (χ3v) is 2.75. The Labute approximate surface area is 103 Å². The molecule has 17 heavy (non-hydrogen) atoms. The molecule has 0 atom stereocenters. The molecule has 6 heteroatoms. The Bertz CT molecular complexity index is 463. The highest BCUT2D eigenvalue weighted by molar-refractivity contribution is 7.08. The van der Waals surface area contributed by atoms with Gasteiger partial charge in [0.2, 0.25) is 0 Å². The third kappa shape index (κ3) is 4.28. The molecule has 2 rings (SSSR count). The number of ketones is 2. The number of Topliss-reactive ketones (excluding diaryl/α,β-unsaturated/α-hetero) is 2. The van der Waals surface area contributed by atoms with Crippen LogP contribution in [0, 0.1) is 0 Å². The molecule has 2 aromatic heterocycles. The zero-order chi connectivity index (χ0) is 12.7. The number of aromatic nitrogens is 3. The SMILES string of the molecule is CC(=O)c1ccns1.CCC(=O)c1ccn[nH]1. The van der Waals surface area contributed by atoms with Crippen LogP contribution in [0.2, 0.25) is 0 Å². The Kier molecular flexibility index (Phi) is 5.22. The van der Waals surface area contributed by atoms with Crippen molar-refractivity contribution in [3.8, 4) is 0 Å². The number of nitrogens with zero attached hydrogens (tertiary/aromatic N) is 2. The molecular weight excluding hydrogens is 238 g/mol. The second-order valence-corrected chi connectivity index (χ2v) is 4.01. The average Bonchev–Trinajstić information content (AvgIpc) is 3.01. The van der Waals surface area contributed by atoms with E-state index in [1.165, 1.54) is 18.5 Å². The van der Waals surface area contributed by atoms with Gasteiger partial charge in [0, 0.05) is 25.7 Å². The van der Waals surface area contributed by atoms with Gasteiger partial charge in [-0.15, -0.1) is 0 Å². The lowest BCUT2D eigenvalue weighted by Gasteiger charge is -1.86. The Morgan fingerprint density at radius 2 is 2.12 bits per heavy atom. The van der Waals surface area contributed by atoms with E-state index in [2.05, 4.69) is 14.6 Å². The maximum atomic E-state index is 10.8. The van der Waals surface area contributed by atoms with Crippen LogP contribution in [0.15, 0.2) is 24.5 Å². The van der Waals surface area contributed by atoms with Crippen LogP contribution < -0.4 is 0 Å². The summed E-state index contributed by atoms with van der Waals surface area (Å²) in [5.74, 6) is 0.194. The second kappa shape index (κ2) is 6.70. The van der Waals surface area contributed by atoms with Gasteiger partial charge in [0.05, 0.1) is 4.88 Å². The van der Waals surface area contributed by atoms with Crippen molar-refractivity contribution >= 4 is 23.1 Å². The molecule has 0 aliphatic rings. The van der Waals surface area contributed by atoms with Crippen molar-refractivity contribution in [1.82, 2.24) is 14.6 Å². The molecule has 90 valence electrons. The van der Waals surface area contributed by atoms with Gasteiger partial charge in [-0.25, -0.2) is 4.37 Å². The van der Waals surface area contributed by atoms with Crippen LogP contribution in [-0.4, -0.2) is 26.1 Å². The van der Waals surface area contributed by atoms with Gasteiger partial charge in [-0.05, 0) is 23.7 Å². The van der Waals surface area contributed by atoms with Crippen LogP contribution in [-0.2, 0) is 0 Å². The highest BCUT2D eigenvalue weighted by Gasteiger charge is 2.01. The lowest BCUT2D eigenvalue weighted by atomic mass is 10.2. The number of hydrogen-bond donors (Lipinski definition) is 1. The van der Waals surface area contributed by atoms with E-state index in [4.69, 9.17) is 0 Å². The van der Waals surface area contributed by atoms with E-state index in [9.17, 15) is 9.59 Å². The van der Waals surface area contributed by atoms with Gasteiger partial charge in [0.25, 0.3) is 0 Å². The molecule has 0 saturated carbocycles. The Hall–Kier alpha value is -1.82. The number of rotatable bonds is 3. The normalized spacial score (nSPS) is 9.29. The van der Waals surface area contributed by atoms with Crippen LogP contribution in [0.3, 0.4) is 0 Å². The second-order valence-electron chi connectivity index (χ2n) is 3.18. The molecule has 0 unspecified atom stereocenters. The van der Waals surface area contributed by atoms with E-state index in [0.29, 0.717) is 12.1 Å². The molecule has 0 amide bonds. The molecule has 1 N–H and O–H groups in total. The minimum Gasteiger partial charge on any atom is -0.294 e. The molecule has 0 saturated heterocycles. The van der Waals surface area contributed by atoms with Crippen LogP contribution in [0.25, 0.3) is 0 Å². The monoisotopic (exact) mass is 251 g/mol. The van der Waals surface area contributed by atoms with Crippen molar-refractivity contribution in [3.05, 3.63) is 35.1 Å². The van der Waals surface area contributed by atoms with E-state index in [1.807, 2.05) is 6.92 Å². The first-order chi connectivity index (χ1) is 8.15. The zero-order valence-corrected chi connectivity index (χ0v) is 10.5. The van der Waals surface area contributed by atoms with Gasteiger partial charge >= 0.3 is 0 Å². The van der Waals surface area contributed by atoms with Gasteiger partial charge in [-0.2, -0.15) is 5.10 Å². The fourth-order valence-corrected chi connectivity index (χ4v) is 1.48. The lowest BCUT2D eigenvalue weighted by Crippen LogP contribution is -1.95. The van der Waals surface area contributed by atoms with Crippen molar-refractivity contribution in [2.75, 3.05) is 0 Å². The van der Waals surface area contributed by atoms with Gasteiger partial charge < -0.3 is 0 Å². The van der Waals surface area contributed by atoms with E-state index in [1.54, 1.807) is 24.5 Å². The van der Waals surface area contributed by atoms with E-state index in [-0.39, 0.29) is 11.6 Å². The van der Waals surface area contributed by atoms with Crippen molar-refractivity contribution in [3.63, 3.8) is 0 Å². The predicted octanol–water partition coefficient (Wildman–Crippen LogP) is 2.35. The fourth-order valence-electron chi connectivity index (χ4n) is 0.999. The zero-order valence-electron chi connectivity index (χ0n) is 9.64. The van der Waals surface area contributed by atoms with Gasteiger partial charge in [0.1, 0.15) is 5.69 Å². The van der Waals surface area contributed by atoms with Crippen molar-refractivity contribution in [2.24, 2.45) is 0 Å². The summed E-state index contributed by atoms with van der Waals surface area (Å²) in [5, 5.41) is 6.23. The predicted molar refractivity (Wildman–Crippen MR) is 65.3 cm³/mol. The number of hydrogen-bond acceptors (Lipinski definition) is 5. The Morgan fingerprint density at radius 1 is 1.35 bits per heavy atom. The number of carbonyl (C=O) groups is 2. The minimum atomic E-state index is 0.0903. The molecule has 0 radical (unpaired) electrons. The Balaban J connectivity index is 0.000000171. The summed E-state index contributed by atoms with van der Waals surface area (Å²) in [6.45, 7) is 3.36. The van der Waals surface area contributed by atoms with Crippen molar-refractivity contribution < 1.29 is 9.59 Å². The molecule has 0 aliphatic carbocycles. The van der Waals surface area contributed by atoms with Crippen LogP contribution in [0.1, 0.15) is 40.4 Å². The van der Waals surface area contributed by atoms with Gasteiger partial charge in [-0.1, -0.05) is 6.92 Å². The smallest absolute Gasteiger partial charge is 0.180 e. The maximum Gasteiger partial charge on any atom is 0.180 e. The Morgan fingerprint density at radius 3 is 2.47 bits per heavy atom. The number of nitrogens with one attached hydrogen (secondary N) is 1. The molecule has 0 bridgehead atoms.